The number of hydrogen-bond acceptors (Lipinski definition) is 6. The van der Waals surface area contributed by atoms with Crippen LogP contribution in [0.4, 0.5) is 16.4 Å². The Morgan fingerprint density at radius 2 is 1.93 bits per heavy atom. The summed E-state index contributed by atoms with van der Waals surface area (Å²) in [5, 5.41) is 4.98. The van der Waals surface area contributed by atoms with Gasteiger partial charge in [0, 0.05) is 11.8 Å². The van der Waals surface area contributed by atoms with Crippen LogP contribution in [0.15, 0.2) is 29.1 Å². The topological polar surface area (TPSA) is 122 Å². The number of unbranched alkanes of at least 4 members (excludes halogenated alkanes) is 3. The van der Waals surface area contributed by atoms with Gasteiger partial charge in [0.15, 0.2) is 0 Å². The van der Waals surface area contributed by atoms with Crippen molar-refractivity contribution in [3.63, 3.8) is 0 Å². The number of nitrogens with zero attached hydrogens (tertiary/aromatic N) is 1. The van der Waals surface area contributed by atoms with E-state index in [1.165, 1.54) is 19.2 Å². The predicted molar refractivity (Wildman–Crippen MR) is 110 cm³/mol. The van der Waals surface area contributed by atoms with Crippen LogP contribution in [0, 0.1) is 6.92 Å². The van der Waals surface area contributed by atoms with E-state index < -0.39 is 12.0 Å². The van der Waals surface area contributed by atoms with E-state index in [-0.39, 0.29) is 22.8 Å². The summed E-state index contributed by atoms with van der Waals surface area (Å²) in [6.07, 6.45) is 4.29. The molecule has 2 rings (SSSR count). The van der Waals surface area contributed by atoms with Crippen molar-refractivity contribution in [3.8, 4) is 5.75 Å². The lowest BCUT2D eigenvalue weighted by Crippen LogP contribution is -2.24. The van der Waals surface area contributed by atoms with Crippen molar-refractivity contribution in [3.05, 3.63) is 45.9 Å². The standard InChI is InChI=1S/C20H26N4O5/c1-4-5-6-7-10-29-14-8-9-16(15(12-14)18(26)28-3)22-20(27)24-19-21-13(2)11-17(25)23-19/h8-9,11-12H,4-7,10H2,1-3H3,(H3,21,22,23,24,25,27). The van der Waals surface area contributed by atoms with Crippen LogP contribution in [0.25, 0.3) is 0 Å². The van der Waals surface area contributed by atoms with Gasteiger partial charge in [0.1, 0.15) is 5.75 Å². The average molecular weight is 402 g/mol. The monoisotopic (exact) mass is 402 g/mol. The maximum atomic E-state index is 12.3. The van der Waals surface area contributed by atoms with Gasteiger partial charge in [0.25, 0.3) is 5.56 Å². The van der Waals surface area contributed by atoms with E-state index in [9.17, 15) is 14.4 Å². The molecule has 0 aliphatic rings. The largest absolute Gasteiger partial charge is 0.494 e. The lowest BCUT2D eigenvalue weighted by atomic mass is 10.1. The van der Waals surface area contributed by atoms with Crippen molar-refractivity contribution in [2.75, 3.05) is 24.4 Å². The van der Waals surface area contributed by atoms with E-state index >= 15 is 0 Å². The molecule has 0 saturated carbocycles. The minimum Gasteiger partial charge on any atom is -0.494 e. The molecule has 1 aromatic heterocycles. The first kappa shape index (κ1) is 21.9. The minimum atomic E-state index is -0.669. The third-order valence-corrected chi connectivity index (χ3v) is 4.01. The highest BCUT2D eigenvalue weighted by Gasteiger charge is 2.16. The fourth-order valence-corrected chi connectivity index (χ4v) is 2.62. The third-order valence-electron chi connectivity index (χ3n) is 4.01. The first-order valence-electron chi connectivity index (χ1n) is 9.44. The smallest absolute Gasteiger partial charge is 0.340 e. The first-order valence-corrected chi connectivity index (χ1v) is 9.44. The minimum absolute atomic E-state index is 0.000786. The molecule has 0 radical (unpaired) electrons. The number of amides is 2. The van der Waals surface area contributed by atoms with E-state index in [1.54, 1.807) is 19.1 Å². The summed E-state index contributed by atoms with van der Waals surface area (Å²) in [6.45, 7) is 4.31. The predicted octanol–water partition coefficient (Wildman–Crippen LogP) is 3.47. The number of carbonyl (C=O) groups excluding carboxylic acids is 2. The van der Waals surface area contributed by atoms with Crippen LogP contribution in [-0.2, 0) is 4.74 Å². The van der Waals surface area contributed by atoms with E-state index in [0.717, 1.165) is 25.7 Å². The van der Waals surface area contributed by atoms with E-state index in [0.29, 0.717) is 18.1 Å². The Hall–Kier alpha value is -3.36. The molecule has 0 fully saturated rings. The molecule has 0 aliphatic carbocycles. The number of carbonyl (C=O) groups is 2. The molecule has 156 valence electrons. The number of aromatic amines is 1. The summed E-state index contributed by atoms with van der Waals surface area (Å²) in [6, 6.07) is 5.37. The molecule has 9 heteroatoms. The molecular formula is C20H26N4O5. The quantitative estimate of drug-likeness (QED) is 0.436. The van der Waals surface area contributed by atoms with Crippen LogP contribution in [0.3, 0.4) is 0 Å². The Balaban J connectivity index is 2.08. The molecule has 0 spiro atoms. The lowest BCUT2D eigenvalue weighted by Gasteiger charge is -2.13. The zero-order chi connectivity index (χ0) is 21.2. The summed E-state index contributed by atoms with van der Waals surface area (Å²) in [4.78, 5) is 42.3. The summed E-state index contributed by atoms with van der Waals surface area (Å²) in [7, 11) is 1.26. The zero-order valence-electron chi connectivity index (χ0n) is 16.8. The van der Waals surface area contributed by atoms with Crippen molar-refractivity contribution in [2.24, 2.45) is 0 Å². The van der Waals surface area contributed by atoms with Crippen LogP contribution in [0.5, 0.6) is 5.75 Å². The molecular weight excluding hydrogens is 376 g/mol. The molecule has 1 heterocycles. The summed E-state index contributed by atoms with van der Waals surface area (Å²) in [5.41, 5.74) is 0.463. The summed E-state index contributed by atoms with van der Waals surface area (Å²) in [5.74, 6) is -0.101. The number of hydrogen-bond donors (Lipinski definition) is 3. The second kappa shape index (κ2) is 10.8. The highest BCUT2D eigenvalue weighted by atomic mass is 16.5. The fraction of sp³-hybridized carbons (Fsp3) is 0.400. The van der Waals surface area contributed by atoms with Gasteiger partial charge >= 0.3 is 12.0 Å². The molecule has 0 bridgehead atoms. The lowest BCUT2D eigenvalue weighted by molar-refractivity contribution is 0.0601. The maximum absolute atomic E-state index is 12.3. The Kier molecular flexibility index (Phi) is 8.20. The molecule has 0 unspecified atom stereocenters. The number of anilines is 2. The number of methoxy groups -OCH3 is 1. The van der Waals surface area contributed by atoms with Crippen LogP contribution >= 0.6 is 0 Å². The van der Waals surface area contributed by atoms with Crippen molar-refractivity contribution >= 4 is 23.6 Å². The summed E-state index contributed by atoms with van der Waals surface area (Å²) < 4.78 is 10.5. The Labute approximate surface area is 168 Å². The second-order valence-corrected chi connectivity index (χ2v) is 6.42. The molecule has 3 N–H and O–H groups in total. The SMILES string of the molecule is CCCCCCOc1ccc(NC(=O)Nc2nc(C)cc(=O)[nH]2)c(C(=O)OC)c1. The normalized spacial score (nSPS) is 10.3. The molecule has 0 saturated heterocycles. The second-order valence-electron chi connectivity index (χ2n) is 6.42. The van der Waals surface area contributed by atoms with Crippen molar-refractivity contribution in [2.45, 2.75) is 39.5 Å². The highest BCUT2D eigenvalue weighted by Crippen LogP contribution is 2.23. The number of rotatable bonds is 9. The number of aryl methyl sites for hydroxylation is 1. The fourth-order valence-electron chi connectivity index (χ4n) is 2.62. The van der Waals surface area contributed by atoms with Crippen LogP contribution in [0.1, 0.15) is 48.7 Å². The highest BCUT2D eigenvalue weighted by molar-refractivity contribution is 6.04. The average Bonchev–Trinajstić information content (AvgIpc) is 2.67. The number of benzene rings is 1. The van der Waals surface area contributed by atoms with Crippen molar-refractivity contribution < 1.29 is 19.1 Å². The molecule has 0 aliphatic heterocycles. The molecule has 1 aromatic carbocycles. The number of aromatic nitrogens is 2. The van der Waals surface area contributed by atoms with Gasteiger partial charge < -0.3 is 14.8 Å². The maximum Gasteiger partial charge on any atom is 0.340 e. The van der Waals surface area contributed by atoms with Gasteiger partial charge in [0.2, 0.25) is 5.95 Å². The summed E-state index contributed by atoms with van der Waals surface area (Å²) >= 11 is 0. The van der Waals surface area contributed by atoms with Gasteiger partial charge in [-0.05, 0) is 31.5 Å². The van der Waals surface area contributed by atoms with Crippen molar-refractivity contribution in [1.82, 2.24) is 9.97 Å². The third kappa shape index (κ3) is 6.95. The Morgan fingerprint density at radius 3 is 2.62 bits per heavy atom. The number of nitrogens with one attached hydrogen (secondary N) is 3. The van der Waals surface area contributed by atoms with Crippen LogP contribution in [0.2, 0.25) is 0 Å². The van der Waals surface area contributed by atoms with Gasteiger partial charge in [-0.3, -0.25) is 15.1 Å². The van der Waals surface area contributed by atoms with Crippen LogP contribution < -0.4 is 20.9 Å². The molecule has 2 aromatic rings. The van der Waals surface area contributed by atoms with Gasteiger partial charge in [-0.2, -0.15) is 0 Å². The molecule has 0 atom stereocenters. The number of ether oxygens (including phenoxy) is 2. The molecule has 2 amide bonds. The van der Waals surface area contributed by atoms with E-state index in [4.69, 9.17) is 9.47 Å². The van der Waals surface area contributed by atoms with Gasteiger partial charge in [-0.1, -0.05) is 26.2 Å². The number of H-pyrrole nitrogens is 1. The number of esters is 1. The van der Waals surface area contributed by atoms with Crippen LogP contribution in [-0.4, -0.2) is 35.7 Å². The molecule has 9 nitrogen and oxygen atoms in total. The Morgan fingerprint density at radius 1 is 1.14 bits per heavy atom. The van der Waals surface area contributed by atoms with Gasteiger partial charge in [-0.25, -0.2) is 14.6 Å². The Bertz CT molecular complexity index is 910. The van der Waals surface area contributed by atoms with E-state index in [1.807, 2.05) is 0 Å². The van der Waals surface area contributed by atoms with E-state index in [2.05, 4.69) is 27.5 Å². The zero-order valence-corrected chi connectivity index (χ0v) is 16.8. The van der Waals surface area contributed by atoms with Crippen molar-refractivity contribution in [1.29, 1.82) is 0 Å². The molecule has 29 heavy (non-hydrogen) atoms. The van der Waals surface area contributed by atoms with Gasteiger partial charge in [0.05, 0.1) is 25.0 Å². The number of urea groups is 1. The van der Waals surface area contributed by atoms with Gasteiger partial charge in [-0.15, -0.1) is 0 Å². The first-order chi connectivity index (χ1) is 13.9.